The van der Waals surface area contributed by atoms with E-state index in [9.17, 15) is 13.2 Å². The van der Waals surface area contributed by atoms with Gasteiger partial charge < -0.3 is 4.52 Å². The average Bonchev–Trinajstić information content (AvgIpc) is 2.43. The van der Waals surface area contributed by atoms with Crippen molar-refractivity contribution in [2.24, 2.45) is 0 Å². The van der Waals surface area contributed by atoms with E-state index in [2.05, 4.69) is 9.88 Å². The lowest BCUT2D eigenvalue weighted by Crippen LogP contribution is -2.29. The minimum Gasteiger partial charge on any atom is -0.360 e. The second-order valence-electron chi connectivity index (χ2n) is 3.18. The Kier molecular flexibility index (Phi) is 3.25. The summed E-state index contributed by atoms with van der Waals surface area (Å²) < 4.78 is 30.3. The third-order valence-electron chi connectivity index (χ3n) is 1.75. The third-order valence-corrected chi connectivity index (χ3v) is 3.39. The first kappa shape index (κ1) is 11.9. The van der Waals surface area contributed by atoms with Crippen molar-refractivity contribution in [2.75, 3.05) is 6.54 Å². The van der Waals surface area contributed by atoms with Gasteiger partial charge in [-0.15, -0.1) is 0 Å². The number of nitrogens with zero attached hydrogens (tertiary/aromatic N) is 1. The smallest absolute Gasteiger partial charge is 0.246 e. The SMILES string of the molecule is CC(=O)CNS(=O)(=O)c1c(C)noc1C. The highest BCUT2D eigenvalue weighted by molar-refractivity contribution is 7.89. The predicted molar refractivity (Wildman–Crippen MR) is 51.8 cm³/mol. The van der Waals surface area contributed by atoms with E-state index in [4.69, 9.17) is 4.52 Å². The summed E-state index contributed by atoms with van der Waals surface area (Å²) in [5, 5.41) is 3.53. The van der Waals surface area contributed by atoms with Gasteiger partial charge in [-0.3, -0.25) is 4.79 Å². The summed E-state index contributed by atoms with van der Waals surface area (Å²) in [6, 6.07) is 0. The van der Waals surface area contributed by atoms with E-state index in [1.807, 2.05) is 0 Å². The first-order chi connectivity index (χ1) is 6.84. The van der Waals surface area contributed by atoms with Crippen molar-refractivity contribution in [3.05, 3.63) is 11.5 Å². The van der Waals surface area contributed by atoms with E-state index < -0.39 is 10.0 Å². The van der Waals surface area contributed by atoms with Gasteiger partial charge in [-0.25, -0.2) is 13.1 Å². The van der Waals surface area contributed by atoms with E-state index in [1.54, 1.807) is 0 Å². The standard InChI is InChI=1S/C8H12N2O4S/c1-5(11)4-9-15(12,13)8-6(2)10-14-7(8)3/h9H,4H2,1-3H3. The minimum atomic E-state index is -3.70. The topological polar surface area (TPSA) is 89.3 Å². The molecule has 15 heavy (non-hydrogen) atoms. The zero-order valence-electron chi connectivity index (χ0n) is 8.70. The largest absolute Gasteiger partial charge is 0.360 e. The monoisotopic (exact) mass is 232 g/mol. The van der Waals surface area contributed by atoms with Gasteiger partial charge in [-0.1, -0.05) is 5.16 Å². The molecule has 1 heterocycles. The van der Waals surface area contributed by atoms with Gasteiger partial charge in [-0.2, -0.15) is 0 Å². The van der Waals surface area contributed by atoms with Crippen LogP contribution < -0.4 is 4.72 Å². The van der Waals surface area contributed by atoms with Crippen molar-refractivity contribution in [3.63, 3.8) is 0 Å². The molecule has 7 heteroatoms. The van der Waals surface area contributed by atoms with E-state index >= 15 is 0 Å². The highest BCUT2D eigenvalue weighted by Crippen LogP contribution is 2.18. The Morgan fingerprint density at radius 3 is 2.47 bits per heavy atom. The summed E-state index contributed by atoms with van der Waals surface area (Å²) in [7, 11) is -3.70. The van der Waals surface area contributed by atoms with Gasteiger partial charge in [0, 0.05) is 0 Å². The lowest BCUT2D eigenvalue weighted by Gasteiger charge is -2.03. The van der Waals surface area contributed by atoms with Gasteiger partial charge in [0.2, 0.25) is 10.0 Å². The molecule has 0 radical (unpaired) electrons. The summed E-state index contributed by atoms with van der Waals surface area (Å²) in [5.41, 5.74) is 0.281. The molecule has 0 bridgehead atoms. The number of sulfonamides is 1. The van der Waals surface area contributed by atoms with Crippen molar-refractivity contribution in [2.45, 2.75) is 25.7 Å². The number of hydrogen-bond donors (Lipinski definition) is 1. The van der Waals surface area contributed by atoms with Crippen LogP contribution in [0.25, 0.3) is 0 Å². The molecule has 0 aliphatic heterocycles. The maximum atomic E-state index is 11.7. The second-order valence-corrected chi connectivity index (χ2v) is 4.88. The molecule has 0 atom stereocenters. The van der Waals surface area contributed by atoms with Gasteiger partial charge in [-0.05, 0) is 20.8 Å². The quantitative estimate of drug-likeness (QED) is 0.798. The van der Waals surface area contributed by atoms with Crippen molar-refractivity contribution in [3.8, 4) is 0 Å². The van der Waals surface area contributed by atoms with E-state index in [0.717, 1.165) is 0 Å². The van der Waals surface area contributed by atoms with Gasteiger partial charge in [0.15, 0.2) is 5.76 Å². The van der Waals surface area contributed by atoms with Crippen LogP contribution in [0.2, 0.25) is 0 Å². The Hall–Kier alpha value is -1.21. The fraction of sp³-hybridized carbons (Fsp3) is 0.500. The first-order valence-corrected chi connectivity index (χ1v) is 5.75. The van der Waals surface area contributed by atoms with Crippen LogP contribution in [0.4, 0.5) is 0 Å². The molecule has 0 aliphatic carbocycles. The Balaban J connectivity index is 3.01. The molecular formula is C8H12N2O4S. The van der Waals surface area contributed by atoms with Gasteiger partial charge in [0.25, 0.3) is 0 Å². The summed E-state index contributed by atoms with van der Waals surface area (Å²) >= 11 is 0. The molecule has 0 unspecified atom stereocenters. The fourth-order valence-corrected chi connectivity index (χ4v) is 2.51. The third kappa shape index (κ3) is 2.63. The number of aryl methyl sites for hydroxylation is 2. The average molecular weight is 232 g/mol. The van der Waals surface area contributed by atoms with E-state index in [0.29, 0.717) is 0 Å². The van der Waals surface area contributed by atoms with Crippen molar-refractivity contribution >= 4 is 15.8 Å². The van der Waals surface area contributed by atoms with Crippen LogP contribution in [0, 0.1) is 13.8 Å². The summed E-state index contributed by atoms with van der Waals surface area (Å²) in [5.74, 6) is -0.0473. The summed E-state index contributed by atoms with van der Waals surface area (Å²) in [4.78, 5) is 10.7. The van der Waals surface area contributed by atoms with Crippen LogP contribution >= 0.6 is 0 Å². The molecule has 0 aliphatic rings. The minimum absolute atomic E-state index is 0.00347. The molecule has 1 rings (SSSR count). The number of carbonyl (C=O) groups is 1. The Labute approximate surface area is 87.7 Å². The zero-order chi connectivity index (χ0) is 11.6. The molecule has 0 aromatic carbocycles. The summed E-state index contributed by atoms with van der Waals surface area (Å²) in [6.07, 6.45) is 0. The maximum Gasteiger partial charge on any atom is 0.246 e. The second kappa shape index (κ2) is 4.11. The Morgan fingerprint density at radius 1 is 1.47 bits per heavy atom. The van der Waals surface area contributed by atoms with Crippen LogP contribution in [0.5, 0.6) is 0 Å². The number of rotatable bonds is 4. The van der Waals surface area contributed by atoms with Crippen molar-refractivity contribution < 1.29 is 17.7 Å². The number of aromatic nitrogens is 1. The van der Waals surface area contributed by atoms with Crippen molar-refractivity contribution in [1.82, 2.24) is 9.88 Å². The molecule has 84 valence electrons. The molecule has 6 nitrogen and oxygen atoms in total. The Morgan fingerprint density at radius 2 is 2.07 bits per heavy atom. The van der Waals surface area contributed by atoms with Crippen LogP contribution in [0.1, 0.15) is 18.4 Å². The van der Waals surface area contributed by atoms with Crippen LogP contribution in [0.3, 0.4) is 0 Å². The fourth-order valence-electron chi connectivity index (χ4n) is 1.13. The molecule has 0 amide bonds. The van der Waals surface area contributed by atoms with Gasteiger partial charge >= 0.3 is 0 Å². The normalized spacial score (nSPS) is 11.7. The van der Waals surface area contributed by atoms with E-state index in [1.165, 1.54) is 20.8 Å². The number of Topliss-reactive ketones (excluding diaryl/α,β-unsaturated/α-hetero) is 1. The zero-order valence-corrected chi connectivity index (χ0v) is 9.51. The molecule has 0 saturated carbocycles. The molecule has 1 aromatic rings. The molecule has 0 fully saturated rings. The number of ketones is 1. The number of carbonyl (C=O) groups excluding carboxylic acids is 1. The van der Waals surface area contributed by atoms with Gasteiger partial charge in [0.05, 0.1) is 6.54 Å². The molecule has 0 spiro atoms. The molecule has 1 N–H and O–H groups in total. The number of hydrogen-bond acceptors (Lipinski definition) is 5. The predicted octanol–water partition coefficient (Wildman–Crippen LogP) is 0.159. The lowest BCUT2D eigenvalue weighted by molar-refractivity contribution is -0.115. The molecule has 0 saturated heterocycles. The highest BCUT2D eigenvalue weighted by Gasteiger charge is 2.23. The van der Waals surface area contributed by atoms with Crippen LogP contribution in [-0.4, -0.2) is 25.9 Å². The van der Waals surface area contributed by atoms with Crippen LogP contribution in [0.15, 0.2) is 9.42 Å². The number of nitrogens with one attached hydrogen (secondary N) is 1. The van der Waals surface area contributed by atoms with E-state index in [-0.39, 0.29) is 28.7 Å². The first-order valence-electron chi connectivity index (χ1n) is 4.26. The van der Waals surface area contributed by atoms with Crippen LogP contribution in [-0.2, 0) is 14.8 Å². The van der Waals surface area contributed by atoms with Crippen molar-refractivity contribution in [1.29, 1.82) is 0 Å². The highest BCUT2D eigenvalue weighted by atomic mass is 32.2. The molecule has 1 aromatic heterocycles. The lowest BCUT2D eigenvalue weighted by atomic mass is 10.4. The maximum absolute atomic E-state index is 11.7. The van der Waals surface area contributed by atoms with Gasteiger partial charge in [0.1, 0.15) is 16.4 Å². The summed E-state index contributed by atoms with van der Waals surface area (Å²) in [6.45, 7) is 4.10. The molecular weight excluding hydrogens is 220 g/mol. The Bertz CT molecular complexity index is 455.